The molecule has 0 aliphatic heterocycles. The molecule has 3 N–H and O–H groups in total. The third-order valence-electron chi connectivity index (χ3n) is 24.8. The van der Waals surface area contributed by atoms with Gasteiger partial charge in [-0.15, -0.1) is 0 Å². The van der Waals surface area contributed by atoms with Crippen molar-refractivity contribution in [1.82, 2.24) is 4.57 Å². The number of nitrogen functional groups attached to an aromatic ring is 1. The van der Waals surface area contributed by atoms with Gasteiger partial charge in [-0.3, -0.25) is 0 Å². The second kappa shape index (κ2) is 27.8. The lowest BCUT2D eigenvalue weighted by molar-refractivity contribution is 0.668. The maximum atomic E-state index is 6.77. The second-order valence-electron chi connectivity index (χ2n) is 30.8. The zero-order chi connectivity index (χ0) is 76.2. The van der Waals surface area contributed by atoms with E-state index in [4.69, 9.17) is 14.6 Å². The number of hydrogen-bond acceptors (Lipinski definition) is 5. The molecule has 3 aliphatic carbocycles. The highest BCUT2D eigenvalue weighted by molar-refractivity contribution is 6.13. The lowest BCUT2D eigenvalue weighted by atomic mass is 9.73. The number of para-hydroxylation sites is 9. The van der Waals surface area contributed by atoms with Crippen molar-refractivity contribution in [3.8, 4) is 50.2 Å². The predicted octanol–water partition coefficient (Wildman–Crippen LogP) is 29.1. The monoisotopic (exact) mass is 1480 g/mol. The van der Waals surface area contributed by atoms with Crippen LogP contribution in [0.3, 0.4) is 0 Å². The van der Waals surface area contributed by atoms with Crippen LogP contribution in [-0.2, 0) is 16.2 Å². The third-order valence-corrected chi connectivity index (χ3v) is 24.8. The molecule has 23 rings (SSSR count). The predicted molar refractivity (Wildman–Crippen MR) is 482 cm³/mol. The number of nitrogens with one attached hydrogen (secondary N) is 1. The summed E-state index contributed by atoms with van der Waals surface area (Å²) < 4.78 is 15.4. The summed E-state index contributed by atoms with van der Waals surface area (Å²) in [4.78, 5) is 2.41. The molecule has 550 valence electrons. The second-order valence-corrected chi connectivity index (χ2v) is 30.8. The zero-order valence-corrected chi connectivity index (χ0v) is 63.4. The molecule has 0 spiro atoms. The van der Waals surface area contributed by atoms with Gasteiger partial charge in [-0.25, -0.2) is 0 Å². The Balaban J connectivity index is 0.000000128. The number of nitrogens with two attached hydrogens (primary N) is 1. The van der Waals surface area contributed by atoms with E-state index in [0.717, 1.165) is 89.3 Å². The number of rotatable bonds is 10. The highest BCUT2D eigenvalue weighted by atomic mass is 16.3. The minimum atomic E-state index is -0.405. The van der Waals surface area contributed by atoms with E-state index in [-0.39, 0.29) is 18.3 Å². The van der Waals surface area contributed by atoms with Crippen LogP contribution < -0.4 is 16.0 Å². The van der Waals surface area contributed by atoms with Crippen molar-refractivity contribution in [3.05, 3.63) is 450 Å². The summed E-state index contributed by atoms with van der Waals surface area (Å²) in [5.41, 5.74) is 40.5. The molecule has 6 nitrogen and oxygen atoms in total. The number of anilines is 6. The molecular formula is C109H82N4O2. The van der Waals surface area contributed by atoms with Crippen molar-refractivity contribution in [3.63, 3.8) is 0 Å². The van der Waals surface area contributed by atoms with Crippen LogP contribution in [0.4, 0.5) is 34.1 Å². The van der Waals surface area contributed by atoms with Crippen molar-refractivity contribution < 1.29 is 8.83 Å². The van der Waals surface area contributed by atoms with Crippen LogP contribution in [0.25, 0.3) is 116 Å². The number of furan rings is 2. The molecule has 0 unspecified atom stereocenters. The van der Waals surface area contributed by atoms with Gasteiger partial charge in [0.2, 0.25) is 0 Å². The number of aromatic nitrogens is 1. The fraction of sp³-hybridized carbons (Fsp3) is 0.0642. The SMILES string of the molecule is C.CC1(c2ccccc2N(c2ccc(-c3ccc4c(c3)c3ccccc3n4-c3ccccc3)cc2)c2cccc3c2oc2ccccc23)c2ccccc2-c2ccccc21.CC1(c2ccccc2N)c2ccccc2-c2ccccc21.CC1(c2ccccc2Nc2cccc3c2oc2ccccc23)c2ccccc2-c2ccccc21. The quantitative estimate of drug-likeness (QED) is 0.134. The van der Waals surface area contributed by atoms with Crippen LogP contribution in [0.1, 0.15) is 78.3 Å². The molecule has 3 aromatic heterocycles. The van der Waals surface area contributed by atoms with Crippen molar-refractivity contribution in [2.24, 2.45) is 0 Å². The van der Waals surface area contributed by atoms with E-state index in [1.165, 1.54) is 111 Å². The molecule has 0 amide bonds. The van der Waals surface area contributed by atoms with Crippen molar-refractivity contribution >= 4 is 99.8 Å². The maximum absolute atomic E-state index is 6.77. The number of hydrogen-bond donors (Lipinski definition) is 2. The molecule has 20 aromatic rings. The van der Waals surface area contributed by atoms with Gasteiger partial charge < -0.3 is 29.4 Å². The molecule has 6 heteroatoms. The lowest BCUT2D eigenvalue weighted by Gasteiger charge is -2.35. The Labute approximate surface area is 669 Å². The minimum Gasteiger partial charge on any atom is -0.454 e. The summed E-state index contributed by atoms with van der Waals surface area (Å²) in [5, 5.41) is 10.7. The summed E-state index contributed by atoms with van der Waals surface area (Å²) in [5.74, 6) is 0. The van der Waals surface area contributed by atoms with Crippen molar-refractivity contribution in [2.45, 2.75) is 44.4 Å². The highest BCUT2D eigenvalue weighted by Crippen LogP contribution is 2.59. The molecule has 0 fully saturated rings. The van der Waals surface area contributed by atoms with E-state index in [1.54, 1.807) is 0 Å². The van der Waals surface area contributed by atoms with E-state index in [0.29, 0.717) is 0 Å². The van der Waals surface area contributed by atoms with Crippen LogP contribution in [0.15, 0.2) is 409 Å². The van der Waals surface area contributed by atoms with Gasteiger partial charge in [0.15, 0.2) is 11.2 Å². The Morgan fingerprint density at radius 1 is 0.278 bits per heavy atom. The molecule has 17 aromatic carbocycles. The minimum absolute atomic E-state index is 0. The summed E-state index contributed by atoms with van der Waals surface area (Å²) in [6.45, 7) is 7.02. The molecule has 3 heterocycles. The summed E-state index contributed by atoms with van der Waals surface area (Å²) >= 11 is 0. The van der Waals surface area contributed by atoms with Gasteiger partial charge >= 0.3 is 0 Å². The van der Waals surface area contributed by atoms with Crippen molar-refractivity contribution in [1.29, 1.82) is 0 Å². The van der Waals surface area contributed by atoms with E-state index in [9.17, 15) is 0 Å². The number of nitrogens with zero attached hydrogens (tertiary/aromatic N) is 2. The van der Waals surface area contributed by atoms with E-state index in [1.807, 2.05) is 30.3 Å². The third kappa shape index (κ3) is 10.9. The van der Waals surface area contributed by atoms with Gasteiger partial charge in [0.05, 0.1) is 28.1 Å². The molecule has 0 bridgehead atoms. The first kappa shape index (κ1) is 69.7. The fourth-order valence-electron chi connectivity index (χ4n) is 19.4. The largest absolute Gasteiger partial charge is 0.454 e. The smallest absolute Gasteiger partial charge is 0.159 e. The number of benzene rings is 17. The Morgan fingerprint density at radius 3 is 1.21 bits per heavy atom. The van der Waals surface area contributed by atoms with Crippen molar-refractivity contribution in [2.75, 3.05) is 16.0 Å². The highest BCUT2D eigenvalue weighted by Gasteiger charge is 2.45. The molecule has 115 heavy (non-hydrogen) atoms. The average Bonchev–Trinajstić information content (AvgIpc) is 1.57. The molecule has 3 aliphatic rings. The Morgan fingerprint density at radius 2 is 0.652 bits per heavy atom. The van der Waals surface area contributed by atoms with Crippen LogP contribution in [0.2, 0.25) is 0 Å². The van der Waals surface area contributed by atoms with Gasteiger partial charge in [0.25, 0.3) is 0 Å². The topological polar surface area (TPSA) is 72.5 Å². The Bertz CT molecular complexity index is 7040. The number of fused-ring (bicyclic) bond motifs is 18. The van der Waals surface area contributed by atoms with Crippen LogP contribution in [-0.4, -0.2) is 4.57 Å². The van der Waals surface area contributed by atoms with E-state index in [2.05, 4.69) is 406 Å². The van der Waals surface area contributed by atoms with Crippen LogP contribution in [0.5, 0.6) is 0 Å². The standard InChI is InChI=1S/C56H38N2O.C32H23NO.C20H17N.CH4/c1-56(47-23-9-5-18-41(47)42-19-6-10-24-48(42)56)49-25-11-13-27-52(49)58(53-28-15-22-45-44-21-8-14-29-54(44)59-55(45)53)40-33-30-37(31-34-40)38-32-35-51-46(36-38)43-20-7-12-26-50(43)57(51)39-16-3-2-4-17-39;1-32(25-15-5-2-11-21(25)22-12-3-6-16-26(22)32)27-17-7-8-18-28(27)33-29-19-10-14-24-23-13-4-9-20-30(23)34-31(24)29;1-20(18-12-6-7-13-19(18)21)16-10-4-2-8-14(16)15-9-3-5-11-17(15)20;/h2-36H,1H3;2-20,33H,1H3;2-13H,21H2,1H3;1H4. The van der Waals surface area contributed by atoms with Gasteiger partial charge in [0, 0.05) is 71.3 Å². The zero-order valence-electron chi connectivity index (χ0n) is 63.4. The Kier molecular flexibility index (Phi) is 16.8. The van der Waals surface area contributed by atoms with E-state index >= 15 is 0 Å². The molecular weight excluding hydrogens is 1400 g/mol. The average molecular weight is 1480 g/mol. The van der Waals surface area contributed by atoms with Gasteiger partial charge in [-0.05, 0) is 200 Å². The molecule has 0 saturated heterocycles. The first-order valence-corrected chi connectivity index (χ1v) is 39.3. The van der Waals surface area contributed by atoms with Gasteiger partial charge in [-0.2, -0.15) is 0 Å². The summed E-state index contributed by atoms with van der Waals surface area (Å²) in [6, 6.07) is 143. The molecule has 0 saturated carbocycles. The molecule has 0 atom stereocenters. The van der Waals surface area contributed by atoms with Crippen LogP contribution >= 0.6 is 0 Å². The first-order valence-electron chi connectivity index (χ1n) is 39.3. The van der Waals surface area contributed by atoms with Crippen LogP contribution in [0, 0.1) is 0 Å². The first-order chi connectivity index (χ1) is 56.1. The summed E-state index contributed by atoms with van der Waals surface area (Å²) in [7, 11) is 0. The lowest BCUT2D eigenvalue weighted by Crippen LogP contribution is -2.25. The molecule has 0 radical (unpaired) electrons. The van der Waals surface area contributed by atoms with E-state index < -0.39 is 5.41 Å². The summed E-state index contributed by atoms with van der Waals surface area (Å²) in [6.07, 6.45) is 0. The van der Waals surface area contributed by atoms with Gasteiger partial charge in [0.1, 0.15) is 11.2 Å². The van der Waals surface area contributed by atoms with Gasteiger partial charge in [-0.1, -0.05) is 323 Å². The normalized spacial score (nSPS) is 13.3. The Hall–Kier alpha value is -14.5. The fourth-order valence-corrected chi connectivity index (χ4v) is 19.4. The maximum Gasteiger partial charge on any atom is 0.159 e.